The minimum absolute atomic E-state index is 0.0405. The summed E-state index contributed by atoms with van der Waals surface area (Å²) in [5.74, 6) is -0.726. The molecule has 5 heteroatoms. The fourth-order valence-corrected chi connectivity index (χ4v) is 1.96. The number of thiazole rings is 1. The molecule has 0 saturated carbocycles. The number of carboxylic acid groups (broad SMARTS) is 1. The van der Waals surface area contributed by atoms with E-state index in [-0.39, 0.29) is 12.3 Å². The molecule has 1 aromatic rings. The average Bonchev–Trinajstić information content (AvgIpc) is 2.50. The first-order chi connectivity index (χ1) is 6.50. The number of anilines is 1. The van der Waals surface area contributed by atoms with Gasteiger partial charge < -0.3 is 10.0 Å². The van der Waals surface area contributed by atoms with Gasteiger partial charge in [0.15, 0.2) is 5.13 Å². The Bertz CT molecular complexity index is 322. The van der Waals surface area contributed by atoms with Crippen LogP contribution in [0.25, 0.3) is 0 Å². The molecule has 0 aliphatic heterocycles. The Morgan fingerprint density at radius 3 is 2.79 bits per heavy atom. The lowest BCUT2D eigenvalue weighted by Crippen LogP contribution is -2.07. The summed E-state index contributed by atoms with van der Waals surface area (Å²) in [4.78, 5) is 17.6. The molecule has 1 N–H and O–H groups in total. The van der Waals surface area contributed by atoms with Crippen LogP contribution in [0.5, 0.6) is 0 Å². The maximum Gasteiger partial charge on any atom is 0.303 e. The lowest BCUT2D eigenvalue weighted by molar-refractivity contribution is -0.137. The highest BCUT2D eigenvalue weighted by molar-refractivity contribution is 7.15. The van der Waals surface area contributed by atoms with E-state index in [4.69, 9.17) is 5.11 Å². The van der Waals surface area contributed by atoms with Crippen LogP contribution in [0, 0.1) is 0 Å². The van der Waals surface area contributed by atoms with E-state index in [1.807, 2.05) is 25.9 Å². The number of carboxylic acids is 1. The van der Waals surface area contributed by atoms with Crippen LogP contribution in [0.15, 0.2) is 6.20 Å². The molecule has 0 fully saturated rings. The first kappa shape index (κ1) is 11.0. The maximum atomic E-state index is 10.5. The molecule has 0 spiro atoms. The van der Waals surface area contributed by atoms with E-state index < -0.39 is 5.97 Å². The highest BCUT2D eigenvalue weighted by Gasteiger charge is 2.13. The molecule has 4 nitrogen and oxygen atoms in total. The van der Waals surface area contributed by atoms with Gasteiger partial charge in [0.2, 0.25) is 0 Å². The molecule has 0 radical (unpaired) electrons. The Morgan fingerprint density at radius 2 is 2.36 bits per heavy atom. The zero-order valence-corrected chi connectivity index (χ0v) is 9.34. The van der Waals surface area contributed by atoms with Crippen LogP contribution in [0.3, 0.4) is 0 Å². The SMILES string of the molecule is CC(CC(=O)O)c1cnc(N(C)C)s1. The van der Waals surface area contributed by atoms with Gasteiger partial charge in [-0.25, -0.2) is 4.98 Å². The summed E-state index contributed by atoms with van der Waals surface area (Å²) < 4.78 is 0. The maximum absolute atomic E-state index is 10.5. The Balaban J connectivity index is 2.71. The fraction of sp³-hybridized carbons (Fsp3) is 0.556. The van der Waals surface area contributed by atoms with Gasteiger partial charge in [-0.1, -0.05) is 6.92 Å². The normalized spacial score (nSPS) is 12.5. The van der Waals surface area contributed by atoms with Crippen LogP contribution < -0.4 is 4.90 Å². The molecule has 1 aromatic heterocycles. The number of carbonyl (C=O) groups is 1. The summed E-state index contributed by atoms with van der Waals surface area (Å²) in [6, 6.07) is 0. The summed E-state index contributed by atoms with van der Waals surface area (Å²) in [5, 5.41) is 9.55. The predicted molar refractivity (Wildman–Crippen MR) is 57.1 cm³/mol. The quantitative estimate of drug-likeness (QED) is 0.830. The number of aromatic nitrogens is 1. The van der Waals surface area contributed by atoms with Gasteiger partial charge >= 0.3 is 5.97 Å². The molecule has 0 aliphatic carbocycles. The van der Waals surface area contributed by atoms with Gasteiger partial charge in [0, 0.05) is 31.1 Å². The third-order valence-corrected chi connectivity index (χ3v) is 3.26. The van der Waals surface area contributed by atoms with Gasteiger partial charge in [-0.2, -0.15) is 0 Å². The van der Waals surface area contributed by atoms with Crippen molar-refractivity contribution in [3.8, 4) is 0 Å². The Kier molecular flexibility index (Phi) is 3.46. The second kappa shape index (κ2) is 4.41. The van der Waals surface area contributed by atoms with Crippen molar-refractivity contribution in [2.45, 2.75) is 19.3 Å². The zero-order chi connectivity index (χ0) is 10.7. The van der Waals surface area contributed by atoms with Crippen molar-refractivity contribution in [3.63, 3.8) is 0 Å². The number of rotatable bonds is 4. The molecule has 1 rings (SSSR count). The summed E-state index contributed by atoms with van der Waals surface area (Å²) in [6.45, 7) is 1.90. The van der Waals surface area contributed by atoms with E-state index in [1.165, 1.54) is 0 Å². The molecule has 78 valence electrons. The minimum Gasteiger partial charge on any atom is -0.481 e. The molecule has 14 heavy (non-hydrogen) atoms. The molecule has 0 bridgehead atoms. The van der Waals surface area contributed by atoms with Crippen LogP contribution in [-0.2, 0) is 4.79 Å². The van der Waals surface area contributed by atoms with Gasteiger partial charge in [-0.3, -0.25) is 4.79 Å². The first-order valence-corrected chi connectivity index (χ1v) is 5.17. The van der Waals surface area contributed by atoms with E-state index in [0.29, 0.717) is 0 Å². The van der Waals surface area contributed by atoms with Crippen molar-refractivity contribution in [3.05, 3.63) is 11.1 Å². The molecule has 1 unspecified atom stereocenters. The van der Waals surface area contributed by atoms with Crippen LogP contribution in [-0.4, -0.2) is 30.2 Å². The monoisotopic (exact) mass is 214 g/mol. The highest BCUT2D eigenvalue weighted by atomic mass is 32.1. The van der Waals surface area contributed by atoms with E-state index >= 15 is 0 Å². The van der Waals surface area contributed by atoms with Crippen molar-refractivity contribution >= 4 is 22.4 Å². The Morgan fingerprint density at radius 1 is 1.71 bits per heavy atom. The molecule has 0 aromatic carbocycles. The van der Waals surface area contributed by atoms with Crippen LogP contribution in [0.2, 0.25) is 0 Å². The van der Waals surface area contributed by atoms with Gasteiger partial charge in [0.05, 0.1) is 6.42 Å². The third kappa shape index (κ3) is 2.70. The van der Waals surface area contributed by atoms with E-state index in [1.54, 1.807) is 17.5 Å². The molecular formula is C9H14N2O2S. The van der Waals surface area contributed by atoms with Crippen molar-refractivity contribution in [2.24, 2.45) is 0 Å². The highest BCUT2D eigenvalue weighted by Crippen LogP contribution is 2.28. The number of hydrogen-bond donors (Lipinski definition) is 1. The van der Waals surface area contributed by atoms with Crippen molar-refractivity contribution in [2.75, 3.05) is 19.0 Å². The van der Waals surface area contributed by atoms with Crippen LogP contribution in [0.4, 0.5) is 5.13 Å². The number of aliphatic carboxylic acids is 1. The molecule has 1 heterocycles. The number of nitrogens with zero attached hydrogens (tertiary/aromatic N) is 2. The smallest absolute Gasteiger partial charge is 0.303 e. The van der Waals surface area contributed by atoms with Crippen molar-refractivity contribution in [1.29, 1.82) is 0 Å². The fourth-order valence-electron chi connectivity index (χ4n) is 1.07. The Labute approximate surface area is 87.2 Å². The van der Waals surface area contributed by atoms with E-state index in [2.05, 4.69) is 4.98 Å². The van der Waals surface area contributed by atoms with Gasteiger partial charge in [0.25, 0.3) is 0 Å². The largest absolute Gasteiger partial charge is 0.481 e. The molecule has 0 aliphatic rings. The topological polar surface area (TPSA) is 53.4 Å². The van der Waals surface area contributed by atoms with E-state index in [0.717, 1.165) is 10.0 Å². The standard InChI is InChI=1S/C9H14N2O2S/c1-6(4-8(12)13)7-5-10-9(14-7)11(2)3/h5-6H,4H2,1-3H3,(H,12,13). The second-order valence-electron chi connectivity index (χ2n) is 3.44. The van der Waals surface area contributed by atoms with Crippen molar-refractivity contribution < 1.29 is 9.90 Å². The molecule has 0 amide bonds. The molecule has 0 saturated heterocycles. The summed E-state index contributed by atoms with van der Waals surface area (Å²) in [6.07, 6.45) is 1.92. The third-order valence-electron chi connectivity index (χ3n) is 1.86. The minimum atomic E-state index is -0.766. The average molecular weight is 214 g/mol. The lowest BCUT2D eigenvalue weighted by atomic mass is 10.1. The van der Waals surface area contributed by atoms with Gasteiger partial charge in [-0.15, -0.1) is 11.3 Å². The zero-order valence-electron chi connectivity index (χ0n) is 8.52. The molecular weight excluding hydrogens is 200 g/mol. The lowest BCUT2D eigenvalue weighted by Gasteiger charge is -2.06. The van der Waals surface area contributed by atoms with Crippen LogP contribution >= 0.6 is 11.3 Å². The second-order valence-corrected chi connectivity index (χ2v) is 4.48. The number of hydrogen-bond acceptors (Lipinski definition) is 4. The van der Waals surface area contributed by atoms with Gasteiger partial charge in [0.1, 0.15) is 0 Å². The summed E-state index contributed by atoms with van der Waals surface area (Å²) >= 11 is 1.54. The summed E-state index contributed by atoms with van der Waals surface area (Å²) in [5.41, 5.74) is 0. The van der Waals surface area contributed by atoms with Gasteiger partial charge in [-0.05, 0) is 0 Å². The van der Waals surface area contributed by atoms with E-state index in [9.17, 15) is 4.79 Å². The van der Waals surface area contributed by atoms with Crippen molar-refractivity contribution in [1.82, 2.24) is 4.98 Å². The predicted octanol–water partition coefficient (Wildman–Crippen LogP) is 1.79. The Hall–Kier alpha value is -1.10. The first-order valence-electron chi connectivity index (χ1n) is 4.35. The molecule has 1 atom stereocenters. The summed E-state index contributed by atoms with van der Waals surface area (Å²) in [7, 11) is 3.84. The van der Waals surface area contributed by atoms with Crippen LogP contribution in [0.1, 0.15) is 24.1 Å².